The van der Waals surface area contributed by atoms with Crippen LogP contribution in [0.1, 0.15) is 90.1 Å². The molecule has 0 unspecified atom stereocenters. The van der Waals surface area contributed by atoms with Gasteiger partial charge in [0.2, 0.25) is 0 Å². The van der Waals surface area contributed by atoms with Gasteiger partial charge in [0.15, 0.2) is 11.6 Å². The van der Waals surface area contributed by atoms with Gasteiger partial charge in [-0.05, 0) is 88.9 Å². The number of carbonyl (C=O) groups excluding carboxylic acids is 1. The van der Waals surface area contributed by atoms with Crippen LogP contribution in [0.4, 0.5) is 4.79 Å². The summed E-state index contributed by atoms with van der Waals surface area (Å²) in [5.74, 6) is 2.06. The summed E-state index contributed by atoms with van der Waals surface area (Å²) in [6.07, 6.45) is 2.67. The average molecular weight is 580 g/mol. The van der Waals surface area contributed by atoms with Crippen molar-refractivity contribution in [3.8, 4) is 11.5 Å². The lowest BCUT2D eigenvalue weighted by molar-refractivity contribution is -0.207. The molecule has 9 heteroatoms. The van der Waals surface area contributed by atoms with Gasteiger partial charge in [0, 0.05) is 24.8 Å². The number of nitrogens with zero attached hydrogens (tertiary/aromatic N) is 2. The standard InChI is InChI=1S/C33H45N3O6/c1-8-38-24(2)30-34-21-19-27(36-30)23-39-28-15-11-25(12-16-28)33(6,7)26-13-17-29(18-14-26)42-40-22-10-9-20-35-31(37)41-32(3,4)5/h11-19,21,24H,8-10,20,22-23H2,1-7H3,(H,35,37)/t24-/m1/s1. The Bertz CT molecular complexity index is 1240. The Labute approximate surface area is 249 Å². The molecule has 0 bridgehead atoms. The fourth-order valence-corrected chi connectivity index (χ4v) is 4.13. The molecule has 42 heavy (non-hydrogen) atoms. The van der Waals surface area contributed by atoms with Crippen LogP contribution in [0.5, 0.6) is 11.5 Å². The largest absolute Gasteiger partial charge is 0.487 e. The Morgan fingerprint density at radius 3 is 2.17 bits per heavy atom. The molecule has 2 aromatic carbocycles. The van der Waals surface area contributed by atoms with E-state index in [0.29, 0.717) is 37.9 Å². The summed E-state index contributed by atoms with van der Waals surface area (Å²) >= 11 is 0. The smallest absolute Gasteiger partial charge is 0.407 e. The third-order valence-corrected chi connectivity index (χ3v) is 6.53. The van der Waals surface area contributed by atoms with Gasteiger partial charge in [-0.25, -0.2) is 14.8 Å². The molecule has 9 nitrogen and oxygen atoms in total. The second kappa shape index (κ2) is 15.5. The molecule has 0 fully saturated rings. The lowest BCUT2D eigenvalue weighted by Crippen LogP contribution is -2.33. The zero-order chi connectivity index (χ0) is 30.6. The average Bonchev–Trinajstić information content (AvgIpc) is 2.95. The molecular formula is C33H45N3O6. The van der Waals surface area contributed by atoms with Crippen molar-refractivity contribution in [1.29, 1.82) is 0 Å². The maximum Gasteiger partial charge on any atom is 0.407 e. The minimum Gasteiger partial charge on any atom is -0.487 e. The van der Waals surface area contributed by atoms with Gasteiger partial charge in [-0.3, -0.25) is 0 Å². The molecule has 1 amide bonds. The highest BCUT2D eigenvalue weighted by Gasteiger charge is 2.23. The number of benzene rings is 2. The molecule has 0 aliphatic rings. The second-order valence-corrected chi connectivity index (χ2v) is 11.5. The van der Waals surface area contributed by atoms with E-state index in [0.717, 1.165) is 35.4 Å². The minimum absolute atomic E-state index is 0.157. The van der Waals surface area contributed by atoms with E-state index in [1.54, 1.807) is 6.20 Å². The normalized spacial score (nSPS) is 12.5. The van der Waals surface area contributed by atoms with Crippen LogP contribution < -0.4 is 14.9 Å². The maximum atomic E-state index is 11.7. The zero-order valence-corrected chi connectivity index (χ0v) is 25.9. The molecule has 0 aliphatic carbocycles. The number of ether oxygens (including phenoxy) is 3. The van der Waals surface area contributed by atoms with E-state index in [1.165, 1.54) is 0 Å². The van der Waals surface area contributed by atoms with Crippen molar-refractivity contribution in [2.45, 2.75) is 85.0 Å². The number of amides is 1. The molecule has 0 aliphatic heterocycles. The predicted molar refractivity (Wildman–Crippen MR) is 161 cm³/mol. The van der Waals surface area contributed by atoms with E-state index < -0.39 is 11.7 Å². The maximum absolute atomic E-state index is 11.7. The van der Waals surface area contributed by atoms with Gasteiger partial charge in [0.25, 0.3) is 0 Å². The van der Waals surface area contributed by atoms with Crippen molar-refractivity contribution in [3.63, 3.8) is 0 Å². The molecule has 0 saturated carbocycles. The van der Waals surface area contributed by atoms with Crippen LogP contribution in [-0.4, -0.2) is 41.4 Å². The molecule has 1 heterocycles. The third kappa shape index (κ3) is 10.6. The first kappa shape index (κ1) is 32.8. The first-order valence-electron chi connectivity index (χ1n) is 14.5. The zero-order valence-electron chi connectivity index (χ0n) is 25.9. The van der Waals surface area contributed by atoms with Crippen LogP contribution in [0.2, 0.25) is 0 Å². The van der Waals surface area contributed by atoms with E-state index in [1.807, 2.05) is 77.1 Å². The summed E-state index contributed by atoms with van der Waals surface area (Å²) < 4.78 is 16.8. The number of hydrogen-bond acceptors (Lipinski definition) is 8. The number of alkyl carbamates (subject to hydrolysis) is 1. The van der Waals surface area contributed by atoms with Crippen molar-refractivity contribution in [3.05, 3.63) is 83.4 Å². The van der Waals surface area contributed by atoms with E-state index in [2.05, 4.69) is 41.3 Å². The van der Waals surface area contributed by atoms with Crippen molar-refractivity contribution in [2.75, 3.05) is 19.8 Å². The Hall–Kier alpha value is -3.69. The summed E-state index contributed by atoms with van der Waals surface area (Å²) in [7, 11) is 0. The Morgan fingerprint density at radius 1 is 0.905 bits per heavy atom. The van der Waals surface area contributed by atoms with Crippen LogP contribution in [0.3, 0.4) is 0 Å². The molecule has 1 aromatic heterocycles. The molecule has 1 N–H and O–H groups in total. The van der Waals surface area contributed by atoms with Crippen LogP contribution in [-0.2, 0) is 26.4 Å². The Morgan fingerprint density at radius 2 is 1.55 bits per heavy atom. The third-order valence-electron chi connectivity index (χ3n) is 6.53. The van der Waals surface area contributed by atoms with E-state index in [4.69, 9.17) is 24.0 Å². The fourth-order valence-electron chi connectivity index (χ4n) is 4.13. The van der Waals surface area contributed by atoms with Gasteiger partial charge in [-0.15, -0.1) is 0 Å². The summed E-state index contributed by atoms with van der Waals surface area (Å²) in [5, 5.41) is 2.73. The quantitative estimate of drug-likeness (QED) is 0.116. The van der Waals surface area contributed by atoms with Crippen LogP contribution in [0, 0.1) is 0 Å². The molecule has 228 valence electrons. The summed E-state index contributed by atoms with van der Waals surface area (Å²) in [6, 6.07) is 17.9. The van der Waals surface area contributed by atoms with Gasteiger partial charge in [-0.2, -0.15) is 4.89 Å². The van der Waals surface area contributed by atoms with E-state index >= 15 is 0 Å². The second-order valence-electron chi connectivity index (χ2n) is 11.5. The van der Waals surface area contributed by atoms with Crippen LogP contribution >= 0.6 is 0 Å². The summed E-state index contributed by atoms with van der Waals surface area (Å²) in [6.45, 7) is 15.7. The van der Waals surface area contributed by atoms with E-state index in [-0.39, 0.29) is 11.5 Å². The minimum atomic E-state index is -0.501. The fraction of sp³-hybridized carbons (Fsp3) is 0.485. The molecule has 0 spiro atoms. The molecular weight excluding hydrogens is 534 g/mol. The van der Waals surface area contributed by atoms with Crippen molar-refractivity contribution in [1.82, 2.24) is 15.3 Å². The molecule has 3 rings (SSSR count). The van der Waals surface area contributed by atoms with Gasteiger partial charge >= 0.3 is 6.09 Å². The van der Waals surface area contributed by atoms with Crippen LogP contribution in [0.25, 0.3) is 0 Å². The number of rotatable bonds is 15. The topological polar surface area (TPSA) is 101 Å². The number of aromatic nitrogens is 2. The SMILES string of the molecule is CCO[C@H](C)c1nccc(COc2ccc(C(C)(C)c3ccc(OOCCCCNC(=O)OC(C)(C)C)cc3)cc2)n1. The van der Waals surface area contributed by atoms with Crippen LogP contribution in [0.15, 0.2) is 60.8 Å². The molecule has 3 aromatic rings. The molecule has 0 saturated heterocycles. The van der Waals surface area contributed by atoms with Crippen molar-refractivity contribution < 1.29 is 28.8 Å². The highest BCUT2D eigenvalue weighted by Crippen LogP contribution is 2.33. The number of nitrogens with one attached hydrogen (secondary N) is 1. The number of unbranched alkanes of at least 4 members (excludes halogenated alkanes) is 1. The van der Waals surface area contributed by atoms with Crippen molar-refractivity contribution >= 4 is 6.09 Å². The number of hydrogen-bond donors (Lipinski definition) is 1. The monoisotopic (exact) mass is 579 g/mol. The summed E-state index contributed by atoms with van der Waals surface area (Å²) in [5.41, 5.74) is 2.38. The highest BCUT2D eigenvalue weighted by atomic mass is 17.2. The Kier molecular flexibility index (Phi) is 12.1. The lowest BCUT2D eigenvalue weighted by atomic mass is 9.78. The Balaban J connectivity index is 1.43. The predicted octanol–water partition coefficient (Wildman–Crippen LogP) is 7.09. The van der Waals surface area contributed by atoms with E-state index in [9.17, 15) is 4.79 Å². The highest BCUT2D eigenvalue weighted by molar-refractivity contribution is 5.67. The van der Waals surface area contributed by atoms with Gasteiger partial charge in [-0.1, -0.05) is 38.1 Å². The van der Waals surface area contributed by atoms with Gasteiger partial charge < -0.3 is 24.4 Å². The number of carbonyl (C=O) groups is 1. The first-order valence-corrected chi connectivity index (χ1v) is 14.5. The first-order chi connectivity index (χ1) is 20.0. The molecule has 0 radical (unpaired) electrons. The molecule has 1 atom stereocenters. The van der Waals surface area contributed by atoms with Gasteiger partial charge in [0.1, 0.15) is 24.1 Å². The van der Waals surface area contributed by atoms with Gasteiger partial charge in [0.05, 0.1) is 12.3 Å². The van der Waals surface area contributed by atoms with Crippen molar-refractivity contribution in [2.24, 2.45) is 0 Å². The lowest BCUT2D eigenvalue weighted by Gasteiger charge is -2.26. The summed E-state index contributed by atoms with van der Waals surface area (Å²) in [4.78, 5) is 31.3.